The molecular formula is C28H21NO6S. The molecule has 0 unspecified atom stereocenters. The summed E-state index contributed by atoms with van der Waals surface area (Å²) in [6.45, 7) is 1.76. The monoisotopic (exact) mass is 499 g/mol. The van der Waals surface area contributed by atoms with E-state index >= 15 is 0 Å². The van der Waals surface area contributed by atoms with E-state index < -0.39 is 21.6 Å². The van der Waals surface area contributed by atoms with E-state index in [-0.39, 0.29) is 17.1 Å². The van der Waals surface area contributed by atoms with Crippen molar-refractivity contribution >= 4 is 43.4 Å². The van der Waals surface area contributed by atoms with Crippen molar-refractivity contribution in [2.24, 2.45) is 0 Å². The van der Waals surface area contributed by atoms with E-state index in [1.54, 1.807) is 30.3 Å². The minimum atomic E-state index is -3.82. The summed E-state index contributed by atoms with van der Waals surface area (Å²) in [7, 11) is -3.82. The van der Waals surface area contributed by atoms with E-state index in [1.165, 1.54) is 30.3 Å². The van der Waals surface area contributed by atoms with Gasteiger partial charge in [0.25, 0.3) is 10.0 Å². The van der Waals surface area contributed by atoms with Gasteiger partial charge >= 0.3 is 11.6 Å². The zero-order valence-electron chi connectivity index (χ0n) is 19.2. The first-order chi connectivity index (χ1) is 17.3. The summed E-state index contributed by atoms with van der Waals surface area (Å²) in [6.07, 6.45) is 0. The highest BCUT2D eigenvalue weighted by Gasteiger charge is 2.17. The Morgan fingerprint density at radius 1 is 0.917 bits per heavy atom. The Balaban J connectivity index is 1.35. The van der Waals surface area contributed by atoms with Crippen molar-refractivity contribution in [1.29, 1.82) is 0 Å². The van der Waals surface area contributed by atoms with Crippen LogP contribution in [0.4, 0.5) is 5.69 Å². The first kappa shape index (κ1) is 23.3. The second-order valence-electron chi connectivity index (χ2n) is 8.32. The highest BCUT2D eigenvalue weighted by atomic mass is 32.2. The standard InChI is InChI=1S/C28H21NO6S/c1-18-6-11-22(12-7-18)29-36(32,33)23-13-8-20(9-14-23)28(31)34-17-21-16-26(30)35-25-15-10-19-4-2-3-5-24(19)27(21)25/h2-16,29H,17H2,1H3. The van der Waals surface area contributed by atoms with Crippen molar-refractivity contribution in [2.45, 2.75) is 18.4 Å². The minimum absolute atomic E-state index is 0.0118. The third kappa shape index (κ3) is 4.71. The number of nitrogens with one attached hydrogen (secondary N) is 1. The predicted molar refractivity (Wildman–Crippen MR) is 138 cm³/mol. The van der Waals surface area contributed by atoms with Crippen molar-refractivity contribution in [3.05, 3.63) is 118 Å². The molecule has 8 heteroatoms. The lowest BCUT2D eigenvalue weighted by Crippen LogP contribution is -2.13. The first-order valence-corrected chi connectivity index (χ1v) is 12.6. The van der Waals surface area contributed by atoms with Crippen molar-refractivity contribution in [2.75, 3.05) is 4.72 Å². The molecule has 1 heterocycles. The van der Waals surface area contributed by atoms with Gasteiger partial charge in [0, 0.05) is 22.7 Å². The van der Waals surface area contributed by atoms with Crippen LogP contribution in [-0.4, -0.2) is 14.4 Å². The largest absolute Gasteiger partial charge is 0.457 e. The number of sulfonamides is 1. The molecule has 180 valence electrons. The molecule has 7 nitrogen and oxygen atoms in total. The molecule has 0 aliphatic rings. The molecular weight excluding hydrogens is 478 g/mol. The van der Waals surface area contributed by atoms with Crippen LogP contribution in [0.25, 0.3) is 21.7 Å². The van der Waals surface area contributed by atoms with Crippen LogP contribution in [0.15, 0.2) is 105 Å². The number of hydrogen-bond donors (Lipinski definition) is 1. The fourth-order valence-corrected chi connectivity index (χ4v) is 5.03. The second-order valence-corrected chi connectivity index (χ2v) is 10.0. The SMILES string of the molecule is Cc1ccc(NS(=O)(=O)c2ccc(C(=O)OCc3cc(=O)oc4ccc5ccccc5c34)cc2)cc1. The Morgan fingerprint density at radius 2 is 1.64 bits per heavy atom. The van der Waals surface area contributed by atoms with E-state index in [1.807, 2.05) is 37.3 Å². The van der Waals surface area contributed by atoms with E-state index in [9.17, 15) is 18.0 Å². The number of benzene rings is 4. The number of fused-ring (bicyclic) bond motifs is 3. The normalized spacial score (nSPS) is 11.5. The highest BCUT2D eigenvalue weighted by Crippen LogP contribution is 2.28. The zero-order valence-corrected chi connectivity index (χ0v) is 20.0. The summed E-state index contributed by atoms with van der Waals surface area (Å²) in [6, 6.07) is 25.0. The fraction of sp³-hybridized carbons (Fsp3) is 0.0714. The lowest BCUT2D eigenvalue weighted by molar-refractivity contribution is 0.0473. The van der Waals surface area contributed by atoms with Crippen LogP contribution < -0.4 is 10.3 Å². The van der Waals surface area contributed by atoms with Gasteiger partial charge in [-0.3, -0.25) is 4.72 Å². The zero-order chi connectivity index (χ0) is 25.3. The van der Waals surface area contributed by atoms with Gasteiger partial charge in [-0.05, 0) is 60.2 Å². The maximum absolute atomic E-state index is 12.7. The van der Waals surface area contributed by atoms with Gasteiger partial charge in [-0.1, -0.05) is 48.0 Å². The molecule has 5 rings (SSSR count). The molecule has 0 amide bonds. The van der Waals surface area contributed by atoms with Gasteiger partial charge < -0.3 is 9.15 Å². The topological polar surface area (TPSA) is 103 Å². The molecule has 0 aliphatic heterocycles. The molecule has 5 aromatic rings. The van der Waals surface area contributed by atoms with Gasteiger partial charge in [0.15, 0.2) is 0 Å². The summed E-state index contributed by atoms with van der Waals surface area (Å²) < 4.78 is 38.7. The molecule has 0 aliphatic carbocycles. The molecule has 0 fully saturated rings. The van der Waals surface area contributed by atoms with Gasteiger partial charge in [0.05, 0.1) is 10.5 Å². The third-order valence-electron chi connectivity index (χ3n) is 5.78. The molecule has 0 saturated carbocycles. The first-order valence-electron chi connectivity index (χ1n) is 11.1. The van der Waals surface area contributed by atoms with Gasteiger partial charge in [0.2, 0.25) is 0 Å². The Labute approximate surface area is 207 Å². The number of ether oxygens (including phenoxy) is 1. The second kappa shape index (κ2) is 9.31. The summed E-state index contributed by atoms with van der Waals surface area (Å²) in [5.41, 5.74) is 2.02. The van der Waals surface area contributed by atoms with Gasteiger partial charge in [0.1, 0.15) is 12.2 Å². The molecule has 0 bridgehead atoms. The van der Waals surface area contributed by atoms with Crippen molar-refractivity contribution in [1.82, 2.24) is 0 Å². The molecule has 1 aromatic heterocycles. The maximum atomic E-state index is 12.7. The summed E-state index contributed by atoms with van der Waals surface area (Å²) in [4.78, 5) is 24.8. The van der Waals surface area contributed by atoms with Crippen LogP contribution in [0.3, 0.4) is 0 Å². The van der Waals surface area contributed by atoms with E-state index in [0.29, 0.717) is 22.2 Å². The minimum Gasteiger partial charge on any atom is -0.457 e. The van der Waals surface area contributed by atoms with Crippen LogP contribution >= 0.6 is 0 Å². The number of esters is 1. The van der Waals surface area contributed by atoms with Crippen LogP contribution in [0.2, 0.25) is 0 Å². The molecule has 0 atom stereocenters. The van der Waals surface area contributed by atoms with Gasteiger partial charge in [-0.15, -0.1) is 0 Å². The fourth-order valence-electron chi connectivity index (χ4n) is 3.97. The summed E-state index contributed by atoms with van der Waals surface area (Å²) in [5, 5.41) is 2.53. The molecule has 36 heavy (non-hydrogen) atoms. The number of hydrogen-bond acceptors (Lipinski definition) is 6. The number of anilines is 1. The molecule has 0 spiro atoms. The van der Waals surface area contributed by atoms with Crippen molar-refractivity contribution in [3.8, 4) is 0 Å². The molecule has 1 N–H and O–H groups in total. The van der Waals surface area contributed by atoms with Gasteiger partial charge in [-0.2, -0.15) is 0 Å². The number of rotatable bonds is 6. The Bertz CT molecular complexity index is 1760. The predicted octanol–water partition coefficient (Wildman–Crippen LogP) is 5.41. The molecule has 4 aromatic carbocycles. The number of carbonyl (C=O) groups excluding carboxylic acids is 1. The summed E-state index contributed by atoms with van der Waals surface area (Å²) in [5.74, 6) is -0.646. The Kier molecular flexibility index (Phi) is 6.03. The maximum Gasteiger partial charge on any atom is 0.338 e. The van der Waals surface area contributed by atoms with E-state index in [0.717, 1.165) is 16.3 Å². The summed E-state index contributed by atoms with van der Waals surface area (Å²) >= 11 is 0. The lowest BCUT2D eigenvalue weighted by atomic mass is 10.0. The smallest absolute Gasteiger partial charge is 0.338 e. The van der Waals surface area contributed by atoms with Crippen LogP contribution in [-0.2, 0) is 21.4 Å². The lowest BCUT2D eigenvalue weighted by Gasteiger charge is -2.11. The average Bonchev–Trinajstić information content (AvgIpc) is 2.88. The highest BCUT2D eigenvalue weighted by molar-refractivity contribution is 7.92. The number of aryl methyl sites for hydroxylation is 1. The molecule has 0 radical (unpaired) electrons. The van der Waals surface area contributed by atoms with Crippen LogP contribution in [0.5, 0.6) is 0 Å². The van der Waals surface area contributed by atoms with Crippen LogP contribution in [0.1, 0.15) is 21.5 Å². The number of carbonyl (C=O) groups is 1. The van der Waals surface area contributed by atoms with Crippen molar-refractivity contribution < 1.29 is 22.4 Å². The van der Waals surface area contributed by atoms with Crippen molar-refractivity contribution in [3.63, 3.8) is 0 Å². The Morgan fingerprint density at radius 3 is 2.39 bits per heavy atom. The van der Waals surface area contributed by atoms with Gasteiger partial charge in [-0.25, -0.2) is 18.0 Å². The Hall–Kier alpha value is -4.43. The average molecular weight is 500 g/mol. The third-order valence-corrected chi connectivity index (χ3v) is 7.17. The molecule has 0 saturated heterocycles. The van der Waals surface area contributed by atoms with E-state index in [2.05, 4.69) is 4.72 Å². The quantitative estimate of drug-likeness (QED) is 0.190. The van der Waals surface area contributed by atoms with E-state index in [4.69, 9.17) is 9.15 Å². The van der Waals surface area contributed by atoms with Crippen LogP contribution in [0, 0.1) is 6.92 Å².